The number of ether oxygens (including phenoxy) is 1. The minimum Gasteiger partial charge on any atom is -0.508 e. The maximum Gasteiger partial charge on any atom is 0.306 e. The highest BCUT2D eigenvalue weighted by molar-refractivity contribution is 5.83. The first-order chi connectivity index (χ1) is 15.8. The van der Waals surface area contributed by atoms with E-state index in [1.165, 1.54) is 6.07 Å². The summed E-state index contributed by atoms with van der Waals surface area (Å²) in [5.74, 6) is -0.0730. The van der Waals surface area contributed by atoms with Crippen molar-refractivity contribution in [2.45, 2.75) is 86.7 Å². The molecule has 1 aliphatic carbocycles. The molecule has 1 aromatic carbocycles. The van der Waals surface area contributed by atoms with Gasteiger partial charge in [0.1, 0.15) is 23.4 Å². The van der Waals surface area contributed by atoms with E-state index in [0.717, 1.165) is 12.0 Å². The standard InChI is InChI=1S/C28H40O6/c1-16(2)12-26(32)34-25(14-28(7)19(5)9-11-23(30)20(28)6)17(3)8-10-21-24(31)13-18(4)22(15-29)27(21)33/h8,13,15-16,19-20,25,31,33H,9-12,14H2,1-7H3. The van der Waals surface area contributed by atoms with Gasteiger partial charge in [-0.05, 0) is 67.6 Å². The summed E-state index contributed by atoms with van der Waals surface area (Å²) < 4.78 is 5.94. The van der Waals surface area contributed by atoms with Crippen molar-refractivity contribution in [3.05, 3.63) is 34.4 Å². The van der Waals surface area contributed by atoms with Crippen LogP contribution in [0, 0.1) is 30.1 Å². The number of rotatable bonds is 9. The number of hydrogen-bond acceptors (Lipinski definition) is 6. The fourth-order valence-electron chi connectivity index (χ4n) is 4.90. The SMILES string of the molecule is CC(=CCc1c(O)cc(C)c(C=O)c1O)C(CC1(C)C(C)CCC(=O)C1C)OC(=O)CC(C)C. The summed E-state index contributed by atoms with van der Waals surface area (Å²) >= 11 is 0. The third kappa shape index (κ3) is 6.08. The average molecular weight is 473 g/mol. The lowest BCUT2D eigenvalue weighted by Crippen LogP contribution is -2.44. The van der Waals surface area contributed by atoms with E-state index in [2.05, 4.69) is 13.8 Å². The number of esters is 1. The average Bonchev–Trinajstić information content (AvgIpc) is 2.74. The molecule has 0 bridgehead atoms. The van der Waals surface area contributed by atoms with Crippen LogP contribution in [0.4, 0.5) is 0 Å². The van der Waals surface area contributed by atoms with E-state index in [-0.39, 0.29) is 58.1 Å². The van der Waals surface area contributed by atoms with Crippen LogP contribution in [-0.4, -0.2) is 34.4 Å². The Kier molecular flexibility index (Phi) is 9.09. The molecule has 0 saturated heterocycles. The van der Waals surface area contributed by atoms with E-state index < -0.39 is 6.10 Å². The molecular weight excluding hydrogens is 432 g/mol. The second-order valence-corrected chi connectivity index (χ2v) is 10.6. The molecule has 1 aliphatic rings. The number of phenols is 2. The van der Waals surface area contributed by atoms with E-state index in [1.54, 1.807) is 6.92 Å². The fourth-order valence-corrected chi connectivity index (χ4v) is 4.90. The molecule has 1 saturated carbocycles. The lowest BCUT2D eigenvalue weighted by atomic mass is 9.59. The molecule has 188 valence electrons. The monoisotopic (exact) mass is 472 g/mol. The van der Waals surface area contributed by atoms with Crippen LogP contribution in [0.25, 0.3) is 0 Å². The third-order valence-corrected chi connectivity index (χ3v) is 7.78. The molecule has 0 aromatic heterocycles. The normalized spacial score (nSPS) is 24.2. The second kappa shape index (κ2) is 11.2. The molecule has 0 spiro atoms. The number of ketones is 1. The van der Waals surface area contributed by atoms with Crippen molar-refractivity contribution >= 4 is 18.0 Å². The Morgan fingerprint density at radius 2 is 1.94 bits per heavy atom. The van der Waals surface area contributed by atoms with Gasteiger partial charge in [0.05, 0.1) is 5.56 Å². The van der Waals surface area contributed by atoms with Gasteiger partial charge in [-0.2, -0.15) is 0 Å². The summed E-state index contributed by atoms with van der Waals surface area (Å²) in [7, 11) is 0. The summed E-state index contributed by atoms with van der Waals surface area (Å²) in [4.78, 5) is 36.5. The molecule has 4 atom stereocenters. The van der Waals surface area contributed by atoms with Crippen molar-refractivity contribution in [1.82, 2.24) is 0 Å². The van der Waals surface area contributed by atoms with Crippen molar-refractivity contribution in [1.29, 1.82) is 0 Å². The molecule has 0 radical (unpaired) electrons. The molecule has 6 heteroatoms. The van der Waals surface area contributed by atoms with E-state index in [9.17, 15) is 24.6 Å². The number of aldehydes is 1. The van der Waals surface area contributed by atoms with Gasteiger partial charge in [-0.15, -0.1) is 0 Å². The van der Waals surface area contributed by atoms with Gasteiger partial charge >= 0.3 is 5.97 Å². The molecule has 34 heavy (non-hydrogen) atoms. The number of carbonyl (C=O) groups excluding carboxylic acids is 3. The van der Waals surface area contributed by atoms with Crippen LogP contribution in [0.15, 0.2) is 17.7 Å². The molecule has 1 aromatic rings. The molecule has 2 rings (SSSR count). The summed E-state index contributed by atoms with van der Waals surface area (Å²) in [5, 5.41) is 20.9. The number of aromatic hydroxyl groups is 2. The van der Waals surface area contributed by atoms with Crippen molar-refractivity contribution in [2.24, 2.45) is 23.2 Å². The molecule has 6 nitrogen and oxygen atoms in total. The Balaban J connectivity index is 2.39. The zero-order valence-corrected chi connectivity index (χ0v) is 21.6. The summed E-state index contributed by atoms with van der Waals surface area (Å²) in [6, 6.07) is 1.46. The van der Waals surface area contributed by atoms with Crippen LogP contribution in [0.3, 0.4) is 0 Å². The molecule has 1 fully saturated rings. The third-order valence-electron chi connectivity index (χ3n) is 7.78. The van der Waals surface area contributed by atoms with E-state index in [1.807, 2.05) is 33.8 Å². The first kappa shape index (κ1) is 27.6. The molecule has 4 unspecified atom stereocenters. The largest absolute Gasteiger partial charge is 0.508 e. The quantitative estimate of drug-likeness (QED) is 0.272. The van der Waals surface area contributed by atoms with Gasteiger partial charge in [0.2, 0.25) is 0 Å². The minimum atomic E-state index is -0.535. The minimum absolute atomic E-state index is 0.0925. The van der Waals surface area contributed by atoms with Crippen molar-refractivity contribution in [2.75, 3.05) is 0 Å². The highest BCUT2D eigenvalue weighted by atomic mass is 16.5. The molecule has 0 aliphatic heterocycles. The number of Topliss-reactive ketones (excluding diaryl/α,β-unsaturated/α-hetero) is 1. The predicted molar refractivity (Wildman–Crippen MR) is 132 cm³/mol. The zero-order chi connectivity index (χ0) is 25.8. The lowest BCUT2D eigenvalue weighted by Gasteiger charge is -2.45. The first-order valence-corrected chi connectivity index (χ1v) is 12.2. The van der Waals surface area contributed by atoms with Crippen LogP contribution in [0.5, 0.6) is 11.5 Å². The lowest BCUT2D eigenvalue weighted by molar-refractivity contribution is -0.151. The van der Waals surface area contributed by atoms with Gasteiger partial charge in [-0.1, -0.05) is 40.7 Å². The Morgan fingerprint density at radius 3 is 2.53 bits per heavy atom. The molecule has 2 N–H and O–H groups in total. The number of phenolic OH excluding ortho intramolecular Hbond substituents is 2. The first-order valence-electron chi connectivity index (χ1n) is 12.2. The van der Waals surface area contributed by atoms with Crippen molar-refractivity contribution in [3.63, 3.8) is 0 Å². The van der Waals surface area contributed by atoms with Gasteiger partial charge in [0, 0.05) is 24.3 Å². The number of aryl methyl sites for hydroxylation is 1. The highest BCUT2D eigenvalue weighted by Gasteiger charge is 2.45. The van der Waals surface area contributed by atoms with Crippen LogP contribution in [0.1, 0.15) is 88.7 Å². The van der Waals surface area contributed by atoms with E-state index in [0.29, 0.717) is 37.0 Å². The maximum absolute atomic E-state index is 12.6. The number of allylic oxidation sites excluding steroid dienone is 1. The number of carbonyl (C=O) groups is 3. The Morgan fingerprint density at radius 1 is 1.29 bits per heavy atom. The van der Waals surface area contributed by atoms with Gasteiger partial charge in [0.25, 0.3) is 0 Å². The maximum atomic E-state index is 12.6. The van der Waals surface area contributed by atoms with Crippen molar-refractivity contribution in [3.8, 4) is 11.5 Å². The summed E-state index contributed by atoms with van der Waals surface area (Å²) in [6.07, 6.45) is 4.23. The summed E-state index contributed by atoms with van der Waals surface area (Å²) in [5.41, 5.74) is 1.34. The highest BCUT2D eigenvalue weighted by Crippen LogP contribution is 2.48. The van der Waals surface area contributed by atoms with Gasteiger partial charge in [-0.3, -0.25) is 14.4 Å². The molecular formula is C28H40O6. The van der Waals surface area contributed by atoms with Gasteiger partial charge < -0.3 is 14.9 Å². The second-order valence-electron chi connectivity index (χ2n) is 10.6. The molecule has 0 heterocycles. The Labute approximate surface area is 203 Å². The van der Waals surface area contributed by atoms with Crippen LogP contribution < -0.4 is 0 Å². The van der Waals surface area contributed by atoms with Crippen LogP contribution in [0.2, 0.25) is 0 Å². The smallest absolute Gasteiger partial charge is 0.306 e. The van der Waals surface area contributed by atoms with Crippen LogP contribution >= 0.6 is 0 Å². The zero-order valence-electron chi connectivity index (χ0n) is 21.6. The van der Waals surface area contributed by atoms with Gasteiger partial charge in [-0.25, -0.2) is 0 Å². The van der Waals surface area contributed by atoms with Crippen molar-refractivity contribution < 1.29 is 29.3 Å². The van der Waals surface area contributed by atoms with E-state index in [4.69, 9.17) is 4.74 Å². The molecule has 0 amide bonds. The summed E-state index contributed by atoms with van der Waals surface area (Å²) in [6.45, 7) is 13.6. The topological polar surface area (TPSA) is 101 Å². The van der Waals surface area contributed by atoms with E-state index >= 15 is 0 Å². The number of hydrogen-bond donors (Lipinski definition) is 2. The van der Waals surface area contributed by atoms with Crippen LogP contribution in [-0.2, 0) is 20.7 Å². The fraction of sp³-hybridized carbons (Fsp3) is 0.607. The Hall–Kier alpha value is -2.63. The predicted octanol–water partition coefficient (Wildman–Crippen LogP) is 5.70. The number of benzene rings is 1. The Bertz CT molecular complexity index is 960. The van der Waals surface area contributed by atoms with Gasteiger partial charge in [0.15, 0.2) is 6.29 Å².